The Morgan fingerprint density at radius 2 is 2.24 bits per heavy atom. The van der Waals surface area contributed by atoms with Crippen LogP contribution in [-0.2, 0) is 13.0 Å². The zero-order chi connectivity index (χ0) is 12.3. The van der Waals surface area contributed by atoms with Crippen molar-refractivity contribution in [2.24, 2.45) is 0 Å². The fourth-order valence-electron chi connectivity index (χ4n) is 1.78. The zero-order valence-electron chi connectivity index (χ0n) is 9.50. The van der Waals surface area contributed by atoms with Gasteiger partial charge in [-0.15, -0.1) is 11.6 Å². The highest BCUT2D eigenvalue weighted by Gasteiger charge is 2.08. The summed E-state index contributed by atoms with van der Waals surface area (Å²) in [5.41, 5.74) is 1.80. The number of fused-ring (bicyclic) bond motifs is 1. The molecule has 0 aliphatic heterocycles. The van der Waals surface area contributed by atoms with Crippen molar-refractivity contribution in [3.63, 3.8) is 0 Å². The molecule has 2 aromatic rings. The van der Waals surface area contributed by atoms with Gasteiger partial charge in [-0.05, 0) is 24.6 Å². The molecule has 0 spiro atoms. The first-order chi connectivity index (χ1) is 8.26. The van der Waals surface area contributed by atoms with Gasteiger partial charge in [-0.3, -0.25) is 4.68 Å². The van der Waals surface area contributed by atoms with Gasteiger partial charge in [-0.1, -0.05) is 18.8 Å². The van der Waals surface area contributed by atoms with Gasteiger partial charge in [0.25, 0.3) is 0 Å². The average Bonchev–Trinajstić information content (AvgIpc) is 2.67. The zero-order valence-corrected chi connectivity index (χ0v) is 10.3. The first-order valence-corrected chi connectivity index (χ1v) is 5.96. The molecule has 0 aliphatic carbocycles. The normalized spacial score (nSPS) is 10.3. The van der Waals surface area contributed by atoms with Gasteiger partial charge in [-0.2, -0.15) is 5.10 Å². The predicted octanol–water partition coefficient (Wildman–Crippen LogP) is 2.98. The first-order valence-electron chi connectivity index (χ1n) is 5.43. The third-order valence-electron chi connectivity index (χ3n) is 2.54. The van der Waals surface area contributed by atoms with E-state index in [4.69, 9.17) is 11.6 Å². The van der Waals surface area contributed by atoms with E-state index in [2.05, 4.69) is 16.9 Å². The Labute approximate surface area is 104 Å². The number of benzene rings is 1. The van der Waals surface area contributed by atoms with Crippen LogP contribution in [0.3, 0.4) is 0 Å². The van der Waals surface area contributed by atoms with Crippen LogP contribution >= 0.6 is 11.6 Å². The molecule has 0 amide bonds. The number of aromatic nitrogens is 2. The van der Waals surface area contributed by atoms with Crippen molar-refractivity contribution >= 4 is 22.5 Å². The minimum atomic E-state index is -0.237. The smallest absolute Gasteiger partial charge is 0.124 e. The highest BCUT2D eigenvalue weighted by atomic mass is 35.5. The topological polar surface area (TPSA) is 17.8 Å². The van der Waals surface area contributed by atoms with Crippen LogP contribution in [0.5, 0.6) is 0 Å². The van der Waals surface area contributed by atoms with Gasteiger partial charge < -0.3 is 0 Å². The van der Waals surface area contributed by atoms with Crippen molar-refractivity contribution in [2.75, 3.05) is 5.88 Å². The molecular formula is C13H12ClFN2. The standard InChI is InChI=1S/C13H12ClFN2/c1-2-12-11-9-10(15)5-6-13(11)17(16-12)8-4-3-7-14/h5-6,9H,2,7-8H2,1H3. The molecule has 0 radical (unpaired) electrons. The van der Waals surface area contributed by atoms with Crippen LogP contribution in [0.25, 0.3) is 10.9 Å². The van der Waals surface area contributed by atoms with Crippen molar-refractivity contribution < 1.29 is 4.39 Å². The molecule has 0 N–H and O–H groups in total. The highest BCUT2D eigenvalue weighted by molar-refractivity contribution is 6.19. The predicted molar refractivity (Wildman–Crippen MR) is 67.6 cm³/mol. The number of aryl methyl sites for hydroxylation is 1. The molecule has 0 aliphatic rings. The molecular weight excluding hydrogens is 239 g/mol. The molecule has 0 saturated heterocycles. The molecule has 2 nitrogen and oxygen atoms in total. The molecule has 17 heavy (non-hydrogen) atoms. The summed E-state index contributed by atoms with van der Waals surface area (Å²) < 4.78 is 15.0. The van der Waals surface area contributed by atoms with E-state index in [9.17, 15) is 4.39 Å². The summed E-state index contributed by atoms with van der Waals surface area (Å²) in [6, 6.07) is 4.70. The number of rotatable bonds is 2. The van der Waals surface area contributed by atoms with Crippen molar-refractivity contribution in [1.82, 2.24) is 9.78 Å². The Hall–Kier alpha value is -1.53. The molecule has 2 rings (SSSR count). The summed E-state index contributed by atoms with van der Waals surface area (Å²) in [4.78, 5) is 0. The monoisotopic (exact) mass is 250 g/mol. The third-order valence-corrected chi connectivity index (χ3v) is 2.68. The van der Waals surface area contributed by atoms with Gasteiger partial charge in [-0.25, -0.2) is 4.39 Å². The van der Waals surface area contributed by atoms with Gasteiger partial charge in [0.1, 0.15) is 12.4 Å². The van der Waals surface area contributed by atoms with Crippen LogP contribution in [-0.4, -0.2) is 15.7 Å². The molecule has 0 unspecified atom stereocenters. The minimum Gasteiger partial charge on any atom is -0.253 e. The Morgan fingerprint density at radius 1 is 1.41 bits per heavy atom. The lowest BCUT2D eigenvalue weighted by Gasteiger charge is -1.96. The van der Waals surface area contributed by atoms with E-state index >= 15 is 0 Å². The summed E-state index contributed by atoms with van der Waals surface area (Å²) >= 11 is 5.49. The highest BCUT2D eigenvalue weighted by Crippen LogP contribution is 2.20. The lowest BCUT2D eigenvalue weighted by molar-refractivity contribution is 0.629. The maximum Gasteiger partial charge on any atom is 0.124 e. The number of alkyl halides is 1. The summed E-state index contributed by atoms with van der Waals surface area (Å²) in [7, 11) is 0. The van der Waals surface area contributed by atoms with Crippen molar-refractivity contribution in [3.05, 3.63) is 29.7 Å². The fourth-order valence-corrected chi connectivity index (χ4v) is 1.87. The van der Waals surface area contributed by atoms with Crippen molar-refractivity contribution in [2.45, 2.75) is 19.9 Å². The summed E-state index contributed by atoms with van der Waals surface area (Å²) in [6.45, 7) is 2.48. The van der Waals surface area contributed by atoms with Crippen LogP contribution in [0.4, 0.5) is 4.39 Å². The van der Waals surface area contributed by atoms with Crippen molar-refractivity contribution in [3.8, 4) is 11.8 Å². The molecule has 1 aromatic heterocycles. The number of hydrogen-bond donors (Lipinski definition) is 0. The van der Waals surface area contributed by atoms with E-state index in [0.29, 0.717) is 12.4 Å². The first kappa shape index (κ1) is 11.9. The lowest BCUT2D eigenvalue weighted by Crippen LogP contribution is -1.98. The van der Waals surface area contributed by atoms with Gasteiger partial charge >= 0.3 is 0 Å². The Bertz CT molecular complexity index is 592. The third kappa shape index (κ3) is 2.42. The quantitative estimate of drug-likeness (QED) is 0.592. The maximum atomic E-state index is 13.2. The average molecular weight is 251 g/mol. The van der Waals surface area contributed by atoms with E-state index in [1.165, 1.54) is 12.1 Å². The second-order valence-corrected chi connectivity index (χ2v) is 3.87. The Kier molecular flexibility index (Phi) is 3.65. The van der Waals surface area contributed by atoms with E-state index in [-0.39, 0.29) is 5.82 Å². The molecule has 4 heteroatoms. The van der Waals surface area contributed by atoms with Crippen LogP contribution < -0.4 is 0 Å². The van der Waals surface area contributed by atoms with Crippen LogP contribution in [0.15, 0.2) is 18.2 Å². The van der Waals surface area contributed by atoms with Gasteiger partial charge in [0.05, 0.1) is 17.1 Å². The Morgan fingerprint density at radius 3 is 2.94 bits per heavy atom. The van der Waals surface area contributed by atoms with E-state index < -0.39 is 0 Å². The number of hydrogen-bond acceptors (Lipinski definition) is 1. The fraction of sp³-hybridized carbons (Fsp3) is 0.308. The second kappa shape index (κ2) is 5.20. The lowest BCUT2D eigenvalue weighted by atomic mass is 10.2. The van der Waals surface area contributed by atoms with Gasteiger partial charge in [0.15, 0.2) is 0 Å². The van der Waals surface area contributed by atoms with Crippen molar-refractivity contribution in [1.29, 1.82) is 0 Å². The van der Waals surface area contributed by atoms with E-state index in [0.717, 1.165) is 23.0 Å². The number of halogens is 2. The van der Waals surface area contributed by atoms with Crippen LogP contribution in [0, 0.1) is 17.7 Å². The van der Waals surface area contributed by atoms with Crippen LogP contribution in [0.1, 0.15) is 12.6 Å². The second-order valence-electron chi connectivity index (χ2n) is 3.61. The maximum absolute atomic E-state index is 13.2. The minimum absolute atomic E-state index is 0.237. The molecule has 1 aromatic carbocycles. The van der Waals surface area contributed by atoms with Crippen LogP contribution in [0.2, 0.25) is 0 Å². The molecule has 0 saturated carbocycles. The largest absolute Gasteiger partial charge is 0.253 e. The summed E-state index contributed by atoms with van der Waals surface area (Å²) in [5, 5.41) is 5.29. The summed E-state index contributed by atoms with van der Waals surface area (Å²) in [6.07, 6.45) is 0.774. The Balaban J connectivity index is 2.49. The molecule has 0 atom stereocenters. The van der Waals surface area contributed by atoms with E-state index in [1.807, 2.05) is 6.92 Å². The SMILES string of the molecule is CCc1nn(CC#CCCl)c2ccc(F)cc12. The summed E-state index contributed by atoms with van der Waals surface area (Å²) in [5.74, 6) is 5.78. The molecule has 0 bridgehead atoms. The van der Waals surface area contributed by atoms with E-state index in [1.54, 1.807) is 10.7 Å². The molecule has 88 valence electrons. The van der Waals surface area contributed by atoms with Gasteiger partial charge in [0, 0.05) is 5.39 Å². The van der Waals surface area contributed by atoms with Gasteiger partial charge in [0.2, 0.25) is 0 Å². The molecule has 0 fully saturated rings. The molecule has 1 heterocycles. The number of nitrogens with zero attached hydrogens (tertiary/aromatic N) is 2.